The summed E-state index contributed by atoms with van der Waals surface area (Å²) >= 11 is 0. The number of carbonyl (C=O) groups excluding carboxylic acids is 1. The van der Waals surface area contributed by atoms with Crippen LogP contribution in [0.15, 0.2) is 42.7 Å². The fraction of sp³-hybridized carbons (Fsp3) is 0.407. The molecule has 1 aliphatic heterocycles. The first-order chi connectivity index (χ1) is 16.6. The van der Waals surface area contributed by atoms with Crippen LogP contribution in [0.5, 0.6) is 5.75 Å². The van der Waals surface area contributed by atoms with Crippen molar-refractivity contribution in [2.45, 2.75) is 19.9 Å². The topological polar surface area (TPSA) is 73.5 Å². The molecule has 1 fully saturated rings. The molecule has 0 atom stereocenters. The van der Waals surface area contributed by atoms with Crippen molar-refractivity contribution in [1.29, 1.82) is 0 Å². The molecule has 3 aromatic rings. The van der Waals surface area contributed by atoms with Crippen molar-refractivity contribution in [3.8, 4) is 16.9 Å². The molecule has 7 nitrogen and oxygen atoms in total. The molecule has 0 bridgehead atoms. The third kappa shape index (κ3) is 5.73. The van der Waals surface area contributed by atoms with Crippen LogP contribution in [-0.4, -0.2) is 79.7 Å². The van der Waals surface area contributed by atoms with Gasteiger partial charge in [0.1, 0.15) is 12.4 Å². The van der Waals surface area contributed by atoms with Gasteiger partial charge < -0.3 is 15.0 Å². The lowest BCUT2D eigenvalue weighted by atomic mass is 9.92. The fourth-order valence-electron chi connectivity index (χ4n) is 4.46. The van der Waals surface area contributed by atoms with Crippen molar-refractivity contribution in [2.75, 3.05) is 53.4 Å². The van der Waals surface area contributed by atoms with Crippen molar-refractivity contribution >= 4 is 6.29 Å². The summed E-state index contributed by atoms with van der Waals surface area (Å²) in [5.41, 5.74) is 7.56. The first kappa shape index (κ1) is 24.1. The summed E-state index contributed by atoms with van der Waals surface area (Å²) in [6.07, 6.45) is 5.43. The summed E-state index contributed by atoms with van der Waals surface area (Å²) in [6, 6.07) is 10.6. The molecule has 4 rings (SSSR count). The number of rotatable bonds is 10. The third-order valence-electron chi connectivity index (χ3n) is 6.68. The highest BCUT2D eigenvalue weighted by atomic mass is 16.5. The normalized spacial score (nSPS) is 14.9. The zero-order valence-electron chi connectivity index (χ0n) is 20.4. The Labute approximate surface area is 202 Å². The number of aldehydes is 1. The third-order valence-corrected chi connectivity index (χ3v) is 6.68. The van der Waals surface area contributed by atoms with E-state index in [9.17, 15) is 4.79 Å². The quantitative estimate of drug-likeness (QED) is 0.357. The number of H-pyrrole nitrogens is 1. The Kier molecular flexibility index (Phi) is 8.11. The minimum absolute atomic E-state index is 0.529. The first-order valence-electron chi connectivity index (χ1n) is 12.0. The smallest absolute Gasteiger partial charge is 0.153 e. The minimum Gasteiger partial charge on any atom is -0.491 e. The monoisotopic (exact) mass is 461 g/mol. The molecular weight excluding hydrogens is 426 g/mol. The first-order valence-corrected chi connectivity index (χ1v) is 12.0. The second-order valence-corrected chi connectivity index (χ2v) is 9.07. The van der Waals surface area contributed by atoms with Gasteiger partial charge in [-0.3, -0.25) is 14.8 Å². The summed E-state index contributed by atoms with van der Waals surface area (Å²) in [5.74, 6) is 0.737. The van der Waals surface area contributed by atoms with Gasteiger partial charge in [0.25, 0.3) is 0 Å². The van der Waals surface area contributed by atoms with E-state index in [4.69, 9.17) is 4.74 Å². The number of ether oxygens (including phenoxy) is 1. The zero-order valence-corrected chi connectivity index (χ0v) is 20.4. The molecule has 0 radical (unpaired) electrons. The Bertz CT molecular complexity index is 1070. The molecule has 1 aromatic heterocycles. The number of benzene rings is 2. The number of piperazine rings is 1. The Morgan fingerprint density at radius 2 is 1.91 bits per heavy atom. The van der Waals surface area contributed by atoms with Crippen molar-refractivity contribution < 1.29 is 9.53 Å². The molecule has 1 saturated heterocycles. The molecule has 7 heteroatoms. The lowest BCUT2D eigenvalue weighted by Gasteiger charge is -2.33. The molecule has 0 spiro atoms. The van der Waals surface area contributed by atoms with Gasteiger partial charge in [0.05, 0.1) is 11.8 Å². The Hall–Kier alpha value is -3.00. The van der Waals surface area contributed by atoms with E-state index in [1.165, 1.54) is 16.7 Å². The van der Waals surface area contributed by atoms with Crippen LogP contribution < -0.4 is 10.1 Å². The van der Waals surface area contributed by atoms with Crippen LogP contribution in [0.25, 0.3) is 11.1 Å². The maximum Gasteiger partial charge on any atom is 0.153 e. The molecular formula is C27H35N5O2. The van der Waals surface area contributed by atoms with Gasteiger partial charge in [-0.25, -0.2) is 0 Å². The highest BCUT2D eigenvalue weighted by molar-refractivity contribution is 5.81. The van der Waals surface area contributed by atoms with Gasteiger partial charge in [0.15, 0.2) is 6.29 Å². The Balaban J connectivity index is 1.63. The Morgan fingerprint density at radius 1 is 1.15 bits per heavy atom. The van der Waals surface area contributed by atoms with Crippen molar-refractivity contribution in [2.24, 2.45) is 0 Å². The molecule has 0 aliphatic carbocycles. The van der Waals surface area contributed by atoms with Crippen LogP contribution in [0.4, 0.5) is 0 Å². The minimum atomic E-state index is 0.529. The molecule has 0 amide bonds. The average Bonchev–Trinajstić information content (AvgIpc) is 3.39. The molecule has 2 heterocycles. The van der Waals surface area contributed by atoms with Crippen molar-refractivity contribution in [3.63, 3.8) is 0 Å². The lowest BCUT2D eigenvalue weighted by Crippen LogP contribution is -2.44. The van der Waals surface area contributed by atoms with Crippen LogP contribution in [0.1, 0.15) is 32.6 Å². The van der Waals surface area contributed by atoms with Crippen LogP contribution in [0.3, 0.4) is 0 Å². The van der Waals surface area contributed by atoms with E-state index in [-0.39, 0.29) is 0 Å². The number of carbonyl (C=O) groups is 1. The number of hydrogen-bond acceptors (Lipinski definition) is 6. The molecule has 2 aromatic carbocycles. The van der Waals surface area contributed by atoms with Crippen LogP contribution >= 0.6 is 0 Å². The number of aromatic amines is 1. The van der Waals surface area contributed by atoms with E-state index in [1.807, 2.05) is 25.5 Å². The number of nitrogens with one attached hydrogen (secondary N) is 2. The largest absolute Gasteiger partial charge is 0.491 e. The number of hydrogen-bond donors (Lipinski definition) is 2. The SMILES string of the molecule is CNCCOc1c(C=O)cc(Cc2ccc(-c3cn[nH]c3)cc2)c(C)c1CN1CCN(C)CC1. The summed E-state index contributed by atoms with van der Waals surface area (Å²) in [5, 5.41) is 10.0. The standard InChI is InChI=1S/C27H35N5O2/c1-20-23(14-21-4-6-22(7-5-21)25-16-29-30-17-25)15-24(19-33)27(34-13-8-28-2)26(20)18-32-11-9-31(3)10-12-32/h4-7,15-17,19,28H,8-14,18H2,1-3H3,(H,29,30). The number of nitrogens with zero attached hydrogens (tertiary/aromatic N) is 3. The van der Waals surface area contributed by atoms with Gasteiger partial charge >= 0.3 is 0 Å². The average molecular weight is 462 g/mol. The number of aromatic nitrogens is 2. The van der Waals surface area contributed by atoms with Crippen molar-refractivity contribution in [3.05, 3.63) is 70.5 Å². The highest BCUT2D eigenvalue weighted by Crippen LogP contribution is 2.32. The van der Waals surface area contributed by atoms with Gasteiger partial charge in [0, 0.05) is 56.6 Å². The van der Waals surface area contributed by atoms with Crippen LogP contribution in [-0.2, 0) is 13.0 Å². The summed E-state index contributed by atoms with van der Waals surface area (Å²) in [7, 11) is 4.07. The predicted molar refractivity (Wildman–Crippen MR) is 136 cm³/mol. The molecule has 180 valence electrons. The van der Waals surface area contributed by atoms with E-state index in [1.54, 1.807) is 0 Å². The van der Waals surface area contributed by atoms with Crippen molar-refractivity contribution in [1.82, 2.24) is 25.3 Å². The van der Waals surface area contributed by atoms with E-state index < -0.39 is 0 Å². The second kappa shape index (κ2) is 11.4. The fourth-order valence-corrected chi connectivity index (χ4v) is 4.46. The molecule has 0 unspecified atom stereocenters. The van der Waals surface area contributed by atoms with Crippen LogP contribution in [0.2, 0.25) is 0 Å². The van der Waals surface area contributed by atoms with Crippen LogP contribution in [0, 0.1) is 6.92 Å². The van der Waals surface area contributed by atoms with E-state index in [0.29, 0.717) is 12.2 Å². The predicted octanol–water partition coefficient (Wildman–Crippen LogP) is 3.13. The maximum atomic E-state index is 12.1. The lowest BCUT2D eigenvalue weighted by molar-refractivity contribution is 0.111. The number of likely N-dealkylation sites (N-methyl/N-ethyl adjacent to an activating group) is 2. The molecule has 0 saturated carbocycles. The van der Waals surface area contributed by atoms with Gasteiger partial charge in [-0.2, -0.15) is 5.10 Å². The van der Waals surface area contributed by atoms with E-state index >= 15 is 0 Å². The Morgan fingerprint density at radius 3 is 2.56 bits per heavy atom. The zero-order chi connectivity index (χ0) is 23.9. The van der Waals surface area contributed by atoms with Gasteiger partial charge in [-0.05, 0) is 55.8 Å². The summed E-state index contributed by atoms with van der Waals surface area (Å²) < 4.78 is 6.17. The molecule has 1 aliphatic rings. The maximum absolute atomic E-state index is 12.1. The van der Waals surface area contributed by atoms with Gasteiger partial charge in [0.2, 0.25) is 0 Å². The molecule has 2 N–H and O–H groups in total. The summed E-state index contributed by atoms with van der Waals surface area (Å²) in [6.45, 7) is 8.36. The highest BCUT2D eigenvalue weighted by Gasteiger charge is 2.21. The van der Waals surface area contributed by atoms with Gasteiger partial charge in [-0.1, -0.05) is 24.3 Å². The van der Waals surface area contributed by atoms with Gasteiger partial charge in [-0.15, -0.1) is 0 Å². The summed E-state index contributed by atoms with van der Waals surface area (Å²) in [4.78, 5) is 16.9. The molecule has 34 heavy (non-hydrogen) atoms. The van der Waals surface area contributed by atoms with E-state index in [0.717, 1.165) is 74.4 Å². The van der Waals surface area contributed by atoms with E-state index in [2.05, 4.69) is 63.6 Å². The second-order valence-electron chi connectivity index (χ2n) is 9.07.